The molecule has 1 atom stereocenters. The van der Waals surface area contributed by atoms with Crippen molar-refractivity contribution in [1.29, 1.82) is 5.26 Å². The Kier molecular flexibility index (Phi) is 3.54. The summed E-state index contributed by atoms with van der Waals surface area (Å²) < 4.78 is 0. The van der Waals surface area contributed by atoms with Gasteiger partial charge >= 0.3 is 6.03 Å². The molecule has 0 bridgehead atoms. The van der Waals surface area contributed by atoms with Gasteiger partial charge in [0.25, 0.3) is 5.91 Å². The number of carbonyl (C=O) groups is 2. The summed E-state index contributed by atoms with van der Waals surface area (Å²) >= 11 is 0. The van der Waals surface area contributed by atoms with Gasteiger partial charge in [-0.25, -0.2) is 4.79 Å². The summed E-state index contributed by atoms with van der Waals surface area (Å²) in [6.07, 6.45) is 1.58. The van der Waals surface area contributed by atoms with Gasteiger partial charge < -0.3 is 5.32 Å². The van der Waals surface area contributed by atoms with Crippen LogP contribution in [0.15, 0.2) is 48.7 Å². The fourth-order valence-corrected chi connectivity index (χ4v) is 2.61. The van der Waals surface area contributed by atoms with Gasteiger partial charge in [0.2, 0.25) is 0 Å². The van der Waals surface area contributed by atoms with Crippen molar-refractivity contribution in [2.45, 2.75) is 19.0 Å². The van der Waals surface area contributed by atoms with Crippen LogP contribution in [0.4, 0.5) is 4.79 Å². The summed E-state index contributed by atoms with van der Waals surface area (Å²) in [5.41, 5.74) is 0.359. The number of aromatic nitrogens is 1. The average Bonchev–Trinajstić information content (AvgIpc) is 2.80. The number of imide groups is 1. The van der Waals surface area contributed by atoms with Gasteiger partial charge in [-0.1, -0.05) is 24.3 Å². The molecule has 1 N–H and O–H groups in total. The molecule has 6 nitrogen and oxygen atoms in total. The van der Waals surface area contributed by atoms with Crippen molar-refractivity contribution in [3.8, 4) is 6.07 Å². The van der Waals surface area contributed by atoms with E-state index in [1.807, 2.05) is 0 Å². The smallest absolute Gasteiger partial charge is 0.318 e. The molecule has 1 aromatic heterocycles. The maximum Gasteiger partial charge on any atom is 0.325 e. The van der Waals surface area contributed by atoms with Crippen molar-refractivity contribution in [3.05, 3.63) is 65.5 Å². The fourth-order valence-electron chi connectivity index (χ4n) is 2.61. The minimum absolute atomic E-state index is 0.0524. The minimum Gasteiger partial charge on any atom is -0.318 e. The molecule has 1 aliphatic heterocycles. The molecule has 3 rings (SSSR count). The third-order valence-electron chi connectivity index (χ3n) is 3.92. The first kappa shape index (κ1) is 14.7. The van der Waals surface area contributed by atoms with Crippen LogP contribution in [0.25, 0.3) is 0 Å². The Morgan fingerprint density at radius 1 is 1.22 bits per heavy atom. The molecular weight excluding hydrogens is 292 g/mol. The van der Waals surface area contributed by atoms with Crippen LogP contribution in [0.5, 0.6) is 0 Å². The van der Waals surface area contributed by atoms with E-state index in [1.165, 1.54) is 0 Å². The molecule has 114 valence electrons. The molecule has 2 heterocycles. The summed E-state index contributed by atoms with van der Waals surface area (Å²) in [5.74, 6) is -0.381. The predicted molar refractivity (Wildman–Crippen MR) is 81.8 cm³/mol. The Bertz CT molecular complexity index is 813. The van der Waals surface area contributed by atoms with E-state index in [4.69, 9.17) is 5.26 Å². The van der Waals surface area contributed by atoms with Crippen molar-refractivity contribution < 1.29 is 9.59 Å². The number of nitriles is 1. The van der Waals surface area contributed by atoms with Crippen LogP contribution < -0.4 is 5.32 Å². The molecule has 0 spiro atoms. The third kappa shape index (κ3) is 2.42. The second kappa shape index (κ2) is 5.54. The van der Waals surface area contributed by atoms with E-state index in [0.717, 1.165) is 4.90 Å². The van der Waals surface area contributed by atoms with Crippen molar-refractivity contribution in [2.24, 2.45) is 0 Å². The number of hydrogen-bond donors (Lipinski definition) is 1. The zero-order valence-corrected chi connectivity index (χ0v) is 12.5. The molecular formula is C17H14N4O2. The zero-order valence-electron chi connectivity index (χ0n) is 12.5. The van der Waals surface area contributed by atoms with Gasteiger partial charge in [0.05, 0.1) is 23.9 Å². The topological polar surface area (TPSA) is 86.1 Å². The Balaban J connectivity index is 1.92. The van der Waals surface area contributed by atoms with E-state index in [-0.39, 0.29) is 12.5 Å². The van der Waals surface area contributed by atoms with E-state index in [2.05, 4.69) is 16.4 Å². The molecule has 3 amide bonds. The van der Waals surface area contributed by atoms with Gasteiger partial charge in [-0.2, -0.15) is 5.26 Å². The van der Waals surface area contributed by atoms with Gasteiger partial charge in [0.1, 0.15) is 0 Å². The maximum absolute atomic E-state index is 12.8. The first-order valence-electron chi connectivity index (χ1n) is 7.10. The van der Waals surface area contributed by atoms with Crippen LogP contribution in [0, 0.1) is 11.3 Å². The van der Waals surface area contributed by atoms with Gasteiger partial charge in [-0.15, -0.1) is 0 Å². The molecule has 1 saturated heterocycles. The van der Waals surface area contributed by atoms with Crippen LogP contribution in [0.1, 0.15) is 23.7 Å². The number of amides is 3. The maximum atomic E-state index is 12.8. The lowest BCUT2D eigenvalue weighted by Crippen LogP contribution is -2.41. The molecule has 0 aliphatic carbocycles. The highest BCUT2D eigenvalue weighted by Crippen LogP contribution is 2.28. The summed E-state index contributed by atoms with van der Waals surface area (Å²) in [6.45, 7) is 1.68. The van der Waals surface area contributed by atoms with Crippen molar-refractivity contribution in [2.75, 3.05) is 0 Å². The van der Waals surface area contributed by atoms with Crippen molar-refractivity contribution >= 4 is 11.9 Å². The first-order chi connectivity index (χ1) is 11.1. The normalized spacial score (nSPS) is 20.3. The molecule has 1 fully saturated rings. The highest BCUT2D eigenvalue weighted by atomic mass is 16.2. The number of urea groups is 1. The zero-order chi connectivity index (χ0) is 16.4. The highest BCUT2D eigenvalue weighted by Gasteiger charge is 2.49. The molecule has 2 aromatic rings. The Morgan fingerprint density at radius 2 is 1.96 bits per heavy atom. The molecule has 23 heavy (non-hydrogen) atoms. The fraction of sp³-hybridized carbons (Fsp3) is 0.176. The number of nitrogens with zero attached hydrogens (tertiary/aromatic N) is 3. The number of carbonyl (C=O) groups excluding carboxylic acids is 2. The van der Waals surface area contributed by atoms with E-state index >= 15 is 0 Å². The van der Waals surface area contributed by atoms with Crippen LogP contribution in [-0.4, -0.2) is 21.8 Å². The molecule has 6 heteroatoms. The highest BCUT2D eigenvalue weighted by molar-refractivity contribution is 6.06. The lowest BCUT2D eigenvalue weighted by molar-refractivity contribution is -0.131. The van der Waals surface area contributed by atoms with E-state index in [0.29, 0.717) is 16.8 Å². The molecule has 0 saturated carbocycles. The Hall–Kier alpha value is -3.20. The standard InChI is InChI=1S/C17H14N4O2/c1-17(14-8-4-5-9-19-14)15(22)21(16(23)20-17)11-13-7-3-2-6-12(13)10-18/h2-9H,11H2,1H3,(H,20,23). The van der Waals surface area contributed by atoms with E-state index < -0.39 is 11.6 Å². The van der Waals surface area contributed by atoms with E-state index in [9.17, 15) is 9.59 Å². The lowest BCUT2D eigenvalue weighted by Gasteiger charge is -2.21. The van der Waals surface area contributed by atoms with Crippen LogP contribution in [0.2, 0.25) is 0 Å². The predicted octanol–water partition coefficient (Wildman–Crippen LogP) is 1.92. The van der Waals surface area contributed by atoms with Gasteiger partial charge in [0, 0.05) is 6.20 Å². The van der Waals surface area contributed by atoms with Crippen LogP contribution in [-0.2, 0) is 16.9 Å². The first-order valence-corrected chi connectivity index (χ1v) is 7.10. The average molecular weight is 306 g/mol. The van der Waals surface area contributed by atoms with Crippen LogP contribution in [0.3, 0.4) is 0 Å². The summed E-state index contributed by atoms with van der Waals surface area (Å²) in [7, 11) is 0. The van der Waals surface area contributed by atoms with Crippen molar-refractivity contribution in [1.82, 2.24) is 15.2 Å². The Morgan fingerprint density at radius 3 is 2.65 bits per heavy atom. The van der Waals surface area contributed by atoms with E-state index in [1.54, 1.807) is 55.6 Å². The summed E-state index contributed by atoms with van der Waals surface area (Å²) in [6, 6.07) is 13.7. The number of rotatable bonds is 3. The van der Waals surface area contributed by atoms with Gasteiger partial charge in [-0.3, -0.25) is 14.7 Å². The number of nitrogens with one attached hydrogen (secondary N) is 1. The largest absolute Gasteiger partial charge is 0.325 e. The number of benzene rings is 1. The Labute approximate surface area is 133 Å². The molecule has 0 radical (unpaired) electrons. The molecule has 1 unspecified atom stereocenters. The lowest BCUT2D eigenvalue weighted by atomic mass is 9.97. The van der Waals surface area contributed by atoms with Crippen LogP contribution >= 0.6 is 0 Å². The second-order valence-corrected chi connectivity index (χ2v) is 5.43. The minimum atomic E-state index is -1.19. The number of hydrogen-bond acceptors (Lipinski definition) is 4. The summed E-state index contributed by atoms with van der Waals surface area (Å²) in [4.78, 5) is 30.3. The molecule has 1 aromatic carbocycles. The van der Waals surface area contributed by atoms with Crippen molar-refractivity contribution in [3.63, 3.8) is 0 Å². The number of pyridine rings is 1. The molecule has 1 aliphatic rings. The van der Waals surface area contributed by atoms with Gasteiger partial charge in [-0.05, 0) is 30.7 Å². The second-order valence-electron chi connectivity index (χ2n) is 5.43. The quantitative estimate of drug-likeness (QED) is 0.878. The monoisotopic (exact) mass is 306 g/mol. The summed E-state index contributed by atoms with van der Waals surface area (Å²) in [5, 5.41) is 11.8. The third-order valence-corrected chi connectivity index (χ3v) is 3.92. The SMILES string of the molecule is CC1(c2ccccn2)NC(=O)N(Cc2ccccc2C#N)C1=O. The van der Waals surface area contributed by atoms with Gasteiger partial charge in [0.15, 0.2) is 5.54 Å².